The molecule has 0 aliphatic carbocycles. The lowest BCUT2D eigenvalue weighted by molar-refractivity contribution is 0.165. The SMILES string of the molecule is CC[C@@H](CO)NC1CCN(Cc2ccccc2)CC1. The molecular formula is C16H26N2O. The normalized spacial score (nSPS) is 19.5. The summed E-state index contributed by atoms with van der Waals surface area (Å²) < 4.78 is 0. The second-order valence-electron chi connectivity index (χ2n) is 5.49. The Hall–Kier alpha value is -0.900. The van der Waals surface area contributed by atoms with Gasteiger partial charge in [-0.05, 0) is 37.9 Å². The average Bonchev–Trinajstić information content (AvgIpc) is 2.47. The van der Waals surface area contributed by atoms with Crippen LogP contribution in [0.5, 0.6) is 0 Å². The molecule has 1 fully saturated rings. The van der Waals surface area contributed by atoms with E-state index in [0.29, 0.717) is 6.04 Å². The molecule has 1 aromatic carbocycles. The lowest BCUT2D eigenvalue weighted by atomic mass is 10.0. The maximum absolute atomic E-state index is 9.23. The smallest absolute Gasteiger partial charge is 0.0584 e. The van der Waals surface area contributed by atoms with Gasteiger partial charge in [0.2, 0.25) is 0 Å². The highest BCUT2D eigenvalue weighted by Crippen LogP contribution is 2.14. The minimum Gasteiger partial charge on any atom is -0.395 e. The number of nitrogens with zero attached hydrogens (tertiary/aromatic N) is 1. The summed E-state index contributed by atoms with van der Waals surface area (Å²) >= 11 is 0. The topological polar surface area (TPSA) is 35.5 Å². The average molecular weight is 262 g/mol. The van der Waals surface area contributed by atoms with E-state index in [1.165, 1.54) is 18.4 Å². The molecule has 1 aromatic rings. The van der Waals surface area contributed by atoms with Gasteiger partial charge in [-0.2, -0.15) is 0 Å². The fourth-order valence-electron chi connectivity index (χ4n) is 2.73. The molecule has 2 N–H and O–H groups in total. The van der Waals surface area contributed by atoms with Crippen LogP contribution in [0.1, 0.15) is 31.7 Å². The number of piperidine rings is 1. The minimum atomic E-state index is 0.251. The summed E-state index contributed by atoms with van der Waals surface area (Å²) in [5, 5.41) is 12.8. The van der Waals surface area contributed by atoms with Gasteiger partial charge < -0.3 is 10.4 Å². The third kappa shape index (κ3) is 4.60. The van der Waals surface area contributed by atoms with Crippen LogP contribution in [0.2, 0.25) is 0 Å². The summed E-state index contributed by atoms with van der Waals surface area (Å²) in [6.45, 7) is 5.73. The first-order chi connectivity index (χ1) is 9.31. The monoisotopic (exact) mass is 262 g/mol. The van der Waals surface area contributed by atoms with E-state index in [9.17, 15) is 5.11 Å². The van der Waals surface area contributed by atoms with E-state index in [2.05, 4.69) is 47.5 Å². The summed E-state index contributed by atoms with van der Waals surface area (Å²) in [5.74, 6) is 0. The first kappa shape index (κ1) is 14.5. The molecule has 19 heavy (non-hydrogen) atoms. The van der Waals surface area contributed by atoms with E-state index < -0.39 is 0 Å². The van der Waals surface area contributed by atoms with Crippen molar-refractivity contribution in [2.24, 2.45) is 0 Å². The van der Waals surface area contributed by atoms with Gasteiger partial charge in [-0.15, -0.1) is 0 Å². The van der Waals surface area contributed by atoms with Crippen LogP contribution in [0.25, 0.3) is 0 Å². The number of benzene rings is 1. The molecule has 0 saturated carbocycles. The lowest BCUT2D eigenvalue weighted by Gasteiger charge is -2.34. The van der Waals surface area contributed by atoms with Gasteiger partial charge in [-0.25, -0.2) is 0 Å². The highest BCUT2D eigenvalue weighted by atomic mass is 16.3. The minimum absolute atomic E-state index is 0.251. The Labute approximate surface area is 116 Å². The third-order valence-corrected chi connectivity index (χ3v) is 4.02. The van der Waals surface area contributed by atoms with Crippen LogP contribution in [-0.4, -0.2) is 41.8 Å². The van der Waals surface area contributed by atoms with Crippen LogP contribution in [0.3, 0.4) is 0 Å². The Morgan fingerprint density at radius 2 is 1.95 bits per heavy atom. The van der Waals surface area contributed by atoms with E-state index in [1.807, 2.05) is 0 Å². The molecule has 1 heterocycles. The Balaban J connectivity index is 1.73. The van der Waals surface area contributed by atoms with Gasteiger partial charge in [0, 0.05) is 18.6 Å². The molecular weight excluding hydrogens is 236 g/mol. The van der Waals surface area contributed by atoms with Crippen LogP contribution in [0.15, 0.2) is 30.3 Å². The summed E-state index contributed by atoms with van der Waals surface area (Å²) in [6.07, 6.45) is 3.37. The number of aliphatic hydroxyl groups excluding tert-OH is 1. The quantitative estimate of drug-likeness (QED) is 0.823. The fraction of sp³-hybridized carbons (Fsp3) is 0.625. The van der Waals surface area contributed by atoms with Crippen molar-refractivity contribution in [1.29, 1.82) is 0 Å². The number of hydrogen-bond acceptors (Lipinski definition) is 3. The highest BCUT2D eigenvalue weighted by molar-refractivity contribution is 5.14. The second kappa shape index (κ2) is 7.63. The van der Waals surface area contributed by atoms with Crippen molar-refractivity contribution in [3.05, 3.63) is 35.9 Å². The van der Waals surface area contributed by atoms with Gasteiger partial charge in [-0.3, -0.25) is 4.90 Å². The first-order valence-corrected chi connectivity index (χ1v) is 7.45. The number of rotatable bonds is 6. The third-order valence-electron chi connectivity index (χ3n) is 4.02. The summed E-state index contributed by atoms with van der Waals surface area (Å²) in [4.78, 5) is 2.52. The molecule has 0 spiro atoms. The van der Waals surface area contributed by atoms with Crippen LogP contribution >= 0.6 is 0 Å². The molecule has 0 aromatic heterocycles. The van der Waals surface area contributed by atoms with E-state index in [1.54, 1.807) is 0 Å². The Morgan fingerprint density at radius 1 is 1.26 bits per heavy atom. The zero-order valence-corrected chi connectivity index (χ0v) is 11.9. The van der Waals surface area contributed by atoms with E-state index in [0.717, 1.165) is 26.1 Å². The Bertz CT molecular complexity index is 343. The predicted molar refractivity (Wildman–Crippen MR) is 79.0 cm³/mol. The molecule has 1 atom stereocenters. The molecule has 106 valence electrons. The summed E-state index contributed by atoms with van der Waals surface area (Å²) in [5.41, 5.74) is 1.40. The molecule has 0 radical (unpaired) electrons. The lowest BCUT2D eigenvalue weighted by Crippen LogP contribution is -2.46. The molecule has 1 aliphatic rings. The summed E-state index contributed by atoms with van der Waals surface area (Å²) in [6, 6.07) is 11.5. The molecule has 3 heteroatoms. The number of likely N-dealkylation sites (tertiary alicyclic amines) is 1. The zero-order valence-electron chi connectivity index (χ0n) is 11.9. The van der Waals surface area contributed by atoms with E-state index in [-0.39, 0.29) is 12.6 Å². The fourth-order valence-corrected chi connectivity index (χ4v) is 2.73. The van der Waals surface area contributed by atoms with Crippen molar-refractivity contribution in [3.8, 4) is 0 Å². The molecule has 2 rings (SSSR count). The van der Waals surface area contributed by atoms with Crippen LogP contribution in [-0.2, 0) is 6.54 Å². The second-order valence-corrected chi connectivity index (χ2v) is 5.49. The van der Waals surface area contributed by atoms with Crippen LogP contribution in [0, 0.1) is 0 Å². The first-order valence-electron chi connectivity index (χ1n) is 7.45. The number of nitrogens with one attached hydrogen (secondary N) is 1. The van der Waals surface area contributed by atoms with Gasteiger partial charge in [-0.1, -0.05) is 37.3 Å². The Kier molecular flexibility index (Phi) is 5.83. The van der Waals surface area contributed by atoms with Crippen molar-refractivity contribution in [3.63, 3.8) is 0 Å². The van der Waals surface area contributed by atoms with Gasteiger partial charge in [0.05, 0.1) is 6.61 Å². The molecule has 0 amide bonds. The van der Waals surface area contributed by atoms with Crippen molar-refractivity contribution in [2.45, 2.75) is 44.8 Å². The molecule has 3 nitrogen and oxygen atoms in total. The van der Waals surface area contributed by atoms with Gasteiger partial charge >= 0.3 is 0 Å². The Morgan fingerprint density at radius 3 is 2.53 bits per heavy atom. The molecule has 1 saturated heterocycles. The predicted octanol–water partition coefficient (Wildman–Crippen LogP) is 2.01. The molecule has 1 aliphatic heterocycles. The van der Waals surface area contributed by atoms with Crippen molar-refractivity contribution in [2.75, 3.05) is 19.7 Å². The van der Waals surface area contributed by atoms with E-state index >= 15 is 0 Å². The van der Waals surface area contributed by atoms with Gasteiger partial charge in [0.25, 0.3) is 0 Å². The van der Waals surface area contributed by atoms with Crippen molar-refractivity contribution >= 4 is 0 Å². The highest BCUT2D eigenvalue weighted by Gasteiger charge is 2.20. The van der Waals surface area contributed by atoms with Crippen LogP contribution in [0.4, 0.5) is 0 Å². The van der Waals surface area contributed by atoms with Gasteiger partial charge in [0.15, 0.2) is 0 Å². The number of hydrogen-bond donors (Lipinski definition) is 2. The maximum Gasteiger partial charge on any atom is 0.0584 e. The zero-order chi connectivity index (χ0) is 13.5. The maximum atomic E-state index is 9.23. The molecule has 0 bridgehead atoms. The van der Waals surface area contributed by atoms with Crippen LogP contribution < -0.4 is 5.32 Å². The standard InChI is InChI=1S/C16H26N2O/c1-2-15(13-19)17-16-8-10-18(11-9-16)12-14-6-4-3-5-7-14/h3-7,15-17,19H,2,8-13H2,1H3/t15-/m0/s1. The van der Waals surface area contributed by atoms with E-state index in [4.69, 9.17) is 0 Å². The van der Waals surface area contributed by atoms with Gasteiger partial charge in [0.1, 0.15) is 0 Å². The van der Waals surface area contributed by atoms with Crippen molar-refractivity contribution < 1.29 is 5.11 Å². The molecule has 0 unspecified atom stereocenters. The number of aliphatic hydroxyl groups is 1. The largest absolute Gasteiger partial charge is 0.395 e. The van der Waals surface area contributed by atoms with Crippen molar-refractivity contribution in [1.82, 2.24) is 10.2 Å². The summed E-state index contributed by atoms with van der Waals surface area (Å²) in [7, 11) is 0.